The van der Waals surface area contributed by atoms with Gasteiger partial charge in [0.1, 0.15) is 5.76 Å². The third-order valence-corrected chi connectivity index (χ3v) is 4.91. The number of benzene rings is 1. The Kier molecular flexibility index (Phi) is 3.94. The van der Waals surface area contributed by atoms with Crippen LogP contribution in [0.4, 0.5) is 0 Å². The zero-order valence-corrected chi connectivity index (χ0v) is 14.1. The largest absolute Gasteiger partial charge is 0.361 e. The molecule has 0 bridgehead atoms. The van der Waals surface area contributed by atoms with Gasteiger partial charge < -0.3 is 9.09 Å². The van der Waals surface area contributed by atoms with Crippen molar-refractivity contribution >= 4 is 0 Å². The Morgan fingerprint density at radius 1 is 1.21 bits per heavy atom. The van der Waals surface area contributed by atoms with Gasteiger partial charge in [0.2, 0.25) is 0 Å². The number of likely N-dealkylation sites (tertiary alicyclic amines) is 1. The van der Waals surface area contributed by atoms with E-state index in [1.54, 1.807) is 6.20 Å². The van der Waals surface area contributed by atoms with E-state index in [0.717, 1.165) is 30.2 Å². The molecule has 1 aliphatic heterocycles. The standard InChI is InChI=1S/C19H22N4O/c1-14-19(15(2)24-21-14)18-4-3-10-22(18)12-16-5-7-17(8-6-16)23-11-9-20-13-23/h5-9,11,13,18H,3-4,10,12H2,1-2H3/t18-/m1/s1. The summed E-state index contributed by atoms with van der Waals surface area (Å²) in [5.74, 6) is 0.958. The second-order valence-electron chi connectivity index (χ2n) is 6.50. The van der Waals surface area contributed by atoms with E-state index in [4.69, 9.17) is 4.52 Å². The van der Waals surface area contributed by atoms with E-state index < -0.39 is 0 Å². The highest BCUT2D eigenvalue weighted by Crippen LogP contribution is 2.36. The quantitative estimate of drug-likeness (QED) is 0.733. The Labute approximate surface area is 141 Å². The van der Waals surface area contributed by atoms with Gasteiger partial charge in [-0.15, -0.1) is 0 Å². The van der Waals surface area contributed by atoms with Gasteiger partial charge in [-0.25, -0.2) is 4.98 Å². The smallest absolute Gasteiger partial charge is 0.138 e. The highest BCUT2D eigenvalue weighted by atomic mass is 16.5. The van der Waals surface area contributed by atoms with Gasteiger partial charge >= 0.3 is 0 Å². The summed E-state index contributed by atoms with van der Waals surface area (Å²) in [7, 11) is 0. The third-order valence-electron chi connectivity index (χ3n) is 4.91. The second kappa shape index (κ2) is 6.24. The average molecular weight is 322 g/mol. The van der Waals surface area contributed by atoms with Crippen LogP contribution in [-0.2, 0) is 6.54 Å². The van der Waals surface area contributed by atoms with Gasteiger partial charge in [-0.1, -0.05) is 17.3 Å². The maximum Gasteiger partial charge on any atom is 0.138 e. The normalized spacial score (nSPS) is 18.3. The summed E-state index contributed by atoms with van der Waals surface area (Å²) in [6.07, 6.45) is 7.98. The van der Waals surface area contributed by atoms with Crippen molar-refractivity contribution in [3.8, 4) is 5.69 Å². The van der Waals surface area contributed by atoms with Crippen LogP contribution in [-0.4, -0.2) is 26.2 Å². The van der Waals surface area contributed by atoms with Crippen molar-refractivity contribution in [1.29, 1.82) is 0 Å². The van der Waals surface area contributed by atoms with E-state index in [1.807, 2.05) is 30.9 Å². The number of hydrogen-bond acceptors (Lipinski definition) is 4. The molecule has 1 aromatic carbocycles. The fourth-order valence-electron chi connectivity index (χ4n) is 3.73. The molecule has 2 aromatic heterocycles. The Bertz CT molecular complexity index is 785. The first-order chi connectivity index (χ1) is 11.7. The van der Waals surface area contributed by atoms with Crippen LogP contribution in [0, 0.1) is 13.8 Å². The van der Waals surface area contributed by atoms with Crippen LogP contribution in [0.3, 0.4) is 0 Å². The maximum atomic E-state index is 5.38. The summed E-state index contributed by atoms with van der Waals surface area (Å²) in [6, 6.07) is 9.14. The minimum atomic E-state index is 0.421. The Balaban J connectivity index is 1.52. The van der Waals surface area contributed by atoms with E-state index in [1.165, 1.54) is 24.0 Å². The minimum absolute atomic E-state index is 0.421. The van der Waals surface area contributed by atoms with E-state index in [2.05, 4.69) is 39.3 Å². The van der Waals surface area contributed by atoms with E-state index in [9.17, 15) is 0 Å². The molecule has 0 aliphatic carbocycles. The lowest BCUT2D eigenvalue weighted by Crippen LogP contribution is -2.23. The van der Waals surface area contributed by atoms with Gasteiger partial charge in [0.25, 0.3) is 0 Å². The molecule has 3 heterocycles. The summed E-state index contributed by atoms with van der Waals surface area (Å²) in [5.41, 5.74) is 4.78. The Hall–Kier alpha value is -2.40. The maximum absolute atomic E-state index is 5.38. The van der Waals surface area contributed by atoms with Crippen molar-refractivity contribution < 1.29 is 4.52 Å². The number of aryl methyl sites for hydroxylation is 2. The van der Waals surface area contributed by atoms with E-state index >= 15 is 0 Å². The minimum Gasteiger partial charge on any atom is -0.361 e. The molecule has 24 heavy (non-hydrogen) atoms. The van der Waals surface area contributed by atoms with E-state index in [0.29, 0.717) is 6.04 Å². The van der Waals surface area contributed by atoms with Gasteiger partial charge in [0.05, 0.1) is 12.0 Å². The molecule has 5 nitrogen and oxygen atoms in total. The van der Waals surface area contributed by atoms with Crippen molar-refractivity contribution in [3.63, 3.8) is 0 Å². The number of hydrogen-bond donors (Lipinski definition) is 0. The van der Waals surface area contributed by atoms with Crippen molar-refractivity contribution in [3.05, 3.63) is 65.6 Å². The van der Waals surface area contributed by atoms with Gasteiger partial charge in [-0.3, -0.25) is 4.90 Å². The predicted molar refractivity (Wildman–Crippen MR) is 91.9 cm³/mol. The average Bonchev–Trinajstić information content (AvgIpc) is 3.31. The Morgan fingerprint density at radius 2 is 2.04 bits per heavy atom. The van der Waals surface area contributed by atoms with Crippen LogP contribution in [0.1, 0.15) is 41.5 Å². The monoisotopic (exact) mass is 322 g/mol. The van der Waals surface area contributed by atoms with Crippen molar-refractivity contribution in [2.24, 2.45) is 0 Å². The van der Waals surface area contributed by atoms with Gasteiger partial charge in [0, 0.05) is 36.2 Å². The summed E-state index contributed by atoms with van der Waals surface area (Å²) < 4.78 is 7.40. The predicted octanol–water partition coefficient (Wildman–Crippen LogP) is 3.81. The second-order valence-corrected chi connectivity index (χ2v) is 6.50. The zero-order valence-electron chi connectivity index (χ0n) is 14.1. The molecule has 0 saturated carbocycles. The molecule has 0 N–H and O–H groups in total. The van der Waals surface area contributed by atoms with Crippen LogP contribution >= 0.6 is 0 Å². The first-order valence-electron chi connectivity index (χ1n) is 8.46. The highest BCUT2D eigenvalue weighted by molar-refractivity contribution is 5.35. The number of nitrogens with zero attached hydrogens (tertiary/aromatic N) is 4. The molecule has 0 spiro atoms. The molecule has 3 aromatic rings. The molecule has 124 valence electrons. The van der Waals surface area contributed by atoms with Crippen LogP contribution in [0.5, 0.6) is 0 Å². The summed E-state index contributed by atoms with van der Waals surface area (Å²) in [5, 5.41) is 4.13. The first kappa shape index (κ1) is 15.1. The van der Waals surface area contributed by atoms with Crippen molar-refractivity contribution in [1.82, 2.24) is 19.6 Å². The molecule has 1 saturated heterocycles. The van der Waals surface area contributed by atoms with Crippen LogP contribution < -0.4 is 0 Å². The summed E-state index contributed by atoms with van der Waals surface area (Å²) in [6.45, 7) is 6.14. The molecule has 5 heteroatoms. The van der Waals surface area contributed by atoms with Crippen LogP contribution in [0.2, 0.25) is 0 Å². The molecule has 4 rings (SSSR count). The third kappa shape index (κ3) is 2.76. The van der Waals surface area contributed by atoms with Crippen LogP contribution in [0.25, 0.3) is 5.69 Å². The first-order valence-corrected chi connectivity index (χ1v) is 8.46. The Morgan fingerprint density at radius 3 is 2.71 bits per heavy atom. The number of imidazole rings is 1. The fourth-order valence-corrected chi connectivity index (χ4v) is 3.73. The lowest BCUT2D eigenvalue weighted by molar-refractivity contribution is 0.245. The molecular formula is C19H22N4O. The lowest BCUT2D eigenvalue weighted by Gasteiger charge is -2.24. The fraction of sp³-hybridized carbons (Fsp3) is 0.368. The molecule has 0 unspecified atom stereocenters. The molecule has 1 aliphatic rings. The zero-order chi connectivity index (χ0) is 16.5. The van der Waals surface area contributed by atoms with Gasteiger partial charge in [-0.05, 0) is 50.9 Å². The van der Waals surface area contributed by atoms with Crippen LogP contribution in [0.15, 0.2) is 47.5 Å². The molecule has 1 fully saturated rings. The molecular weight excluding hydrogens is 300 g/mol. The van der Waals surface area contributed by atoms with Gasteiger partial charge in [-0.2, -0.15) is 0 Å². The molecule has 0 radical (unpaired) electrons. The SMILES string of the molecule is Cc1noc(C)c1[C@H]1CCCN1Cc1ccc(-n2ccnc2)cc1. The molecule has 0 amide bonds. The van der Waals surface area contributed by atoms with E-state index in [-0.39, 0.29) is 0 Å². The summed E-state index contributed by atoms with van der Waals surface area (Å²) >= 11 is 0. The molecule has 1 atom stereocenters. The number of aromatic nitrogens is 3. The summed E-state index contributed by atoms with van der Waals surface area (Å²) in [4.78, 5) is 6.64. The number of rotatable bonds is 4. The lowest BCUT2D eigenvalue weighted by atomic mass is 10.0. The highest BCUT2D eigenvalue weighted by Gasteiger charge is 2.30. The topological polar surface area (TPSA) is 47.1 Å². The van der Waals surface area contributed by atoms with Gasteiger partial charge in [0.15, 0.2) is 0 Å². The van der Waals surface area contributed by atoms with Crippen molar-refractivity contribution in [2.45, 2.75) is 39.3 Å². The van der Waals surface area contributed by atoms with Crippen molar-refractivity contribution in [2.75, 3.05) is 6.54 Å².